The number of anilines is 1. The highest BCUT2D eigenvalue weighted by atomic mass is 16.6. The van der Waals surface area contributed by atoms with Crippen molar-refractivity contribution in [2.24, 2.45) is 0 Å². The van der Waals surface area contributed by atoms with Crippen molar-refractivity contribution in [3.63, 3.8) is 0 Å². The van der Waals surface area contributed by atoms with Crippen molar-refractivity contribution in [3.05, 3.63) is 57.9 Å². The zero-order valence-electron chi connectivity index (χ0n) is 9.64. The van der Waals surface area contributed by atoms with Crippen LogP contribution in [0.2, 0.25) is 0 Å². The second kappa shape index (κ2) is 4.70. The number of nitro groups is 1. The van der Waals surface area contributed by atoms with Crippen molar-refractivity contribution in [3.8, 4) is 0 Å². The Hall–Kier alpha value is -2.63. The third kappa shape index (κ3) is 2.37. The van der Waals surface area contributed by atoms with Crippen LogP contribution in [0, 0.1) is 17.0 Å². The van der Waals surface area contributed by atoms with E-state index in [4.69, 9.17) is 0 Å². The molecule has 18 heavy (non-hydrogen) atoms. The summed E-state index contributed by atoms with van der Waals surface area (Å²) < 4.78 is 0. The number of hydrogen-bond donors (Lipinski definition) is 2. The molecule has 0 fully saturated rings. The van der Waals surface area contributed by atoms with Crippen molar-refractivity contribution in [1.82, 2.24) is 4.98 Å². The summed E-state index contributed by atoms with van der Waals surface area (Å²) in [6.45, 7) is 1.77. The maximum atomic E-state index is 11.8. The fourth-order valence-corrected chi connectivity index (χ4v) is 1.52. The van der Waals surface area contributed by atoms with E-state index in [9.17, 15) is 14.9 Å². The number of nitrogens with zero attached hydrogens (tertiary/aromatic N) is 1. The molecule has 2 N–H and O–H groups in total. The molecular formula is C12H11N3O3. The standard InChI is InChI=1S/C12H11N3O3/c1-8-4-5-9(15(17)18)7-11(8)14-12(16)10-3-2-6-13-10/h2-7,13H,1H3,(H,14,16). The van der Waals surface area contributed by atoms with Crippen LogP contribution < -0.4 is 5.32 Å². The average Bonchev–Trinajstić information content (AvgIpc) is 2.85. The number of nitrogens with one attached hydrogen (secondary N) is 2. The quantitative estimate of drug-likeness (QED) is 0.643. The largest absolute Gasteiger partial charge is 0.357 e. The highest BCUT2D eigenvalue weighted by Crippen LogP contribution is 2.22. The van der Waals surface area contributed by atoms with Crippen molar-refractivity contribution in [2.45, 2.75) is 6.92 Å². The summed E-state index contributed by atoms with van der Waals surface area (Å²) in [4.78, 5) is 24.7. The number of aromatic nitrogens is 1. The van der Waals surface area contributed by atoms with Crippen LogP contribution in [-0.4, -0.2) is 15.8 Å². The minimum absolute atomic E-state index is 0.0533. The number of amides is 1. The molecule has 0 spiro atoms. The summed E-state index contributed by atoms with van der Waals surface area (Å²) in [6, 6.07) is 7.68. The lowest BCUT2D eigenvalue weighted by molar-refractivity contribution is -0.384. The molecule has 0 aliphatic rings. The number of nitro benzene ring substituents is 1. The molecule has 0 atom stereocenters. The van der Waals surface area contributed by atoms with Crippen molar-refractivity contribution >= 4 is 17.3 Å². The fraction of sp³-hybridized carbons (Fsp3) is 0.0833. The van der Waals surface area contributed by atoms with Crippen molar-refractivity contribution in [2.75, 3.05) is 5.32 Å². The first kappa shape index (κ1) is 11.8. The summed E-state index contributed by atoms with van der Waals surface area (Å²) >= 11 is 0. The number of carbonyl (C=O) groups excluding carboxylic acids is 1. The summed E-state index contributed by atoms with van der Waals surface area (Å²) in [7, 11) is 0. The Balaban J connectivity index is 2.26. The number of benzene rings is 1. The van der Waals surface area contributed by atoms with Gasteiger partial charge in [-0.25, -0.2) is 0 Å². The number of hydrogen-bond acceptors (Lipinski definition) is 3. The molecule has 1 heterocycles. The maximum absolute atomic E-state index is 11.8. The lowest BCUT2D eigenvalue weighted by Crippen LogP contribution is -2.13. The van der Waals surface area contributed by atoms with E-state index < -0.39 is 4.92 Å². The van der Waals surface area contributed by atoms with Crippen molar-refractivity contribution < 1.29 is 9.72 Å². The predicted octanol–water partition coefficient (Wildman–Crippen LogP) is 2.48. The first-order chi connectivity index (χ1) is 8.58. The van der Waals surface area contributed by atoms with Gasteiger partial charge in [0.15, 0.2) is 0 Å². The van der Waals surface area contributed by atoms with Gasteiger partial charge in [-0.15, -0.1) is 0 Å². The van der Waals surface area contributed by atoms with Gasteiger partial charge in [-0.1, -0.05) is 6.07 Å². The summed E-state index contributed by atoms with van der Waals surface area (Å²) in [6.07, 6.45) is 1.63. The average molecular weight is 245 g/mol. The molecule has 92 valence electrons. The fourth-order valence-electron chi connectivity index (χ4n) is 1.52. The van der Waals surface area contributed by atoms with E-state index in [1.165, 1.54) is 12.1 Å². The van der Waals surface area contributed by atoms with Gasteiger partial charge in [-0.2, -0.15) is 0 Å². The first-order valence-corrected chi connectivity index (χ1v) is 5.27. The summed E-state index contributed by atoms with van der Waals surface area (Å²) in [5.74, 6) is -0.330. The Morgan fingerprint density at radius 2 is 2.17 bits per heavy atom. The molecule has 0 aliphatic carbocycles. The lowest BCUT2D eigenvalue weighted by atomic mass is 10.2. The van der Waals surface area contributed by atoms with E-state index in [-0.39, 0.29) is 11.6 Å². The molecule has 0 saturated carbocycles. The van der Waals surface area contributed by atoms with Gasteiger partial charge in [-0.3, -0.25) is 14.9 Å². The zero-order chi connectivity index (χ0) is 13.1. The Morgan fingerprint density at radius 3 is 2.78 bits per heavy atom. The van der Waals surface area contributed by atoms with Crippen molar-refractivity contribution in [1.29, 1.82) is 0 Å². The molecule has 1 aromatic heterocycles. The van der Waals surface area contributed by atoms with Crippen LogP contribution in [0.3, 0.4) is 0 Å². The number of rotatable bonds is 3. The number of H-pyrrole nitrogens is 1. The van der Waals surface area contributed by atoms with E-state index in [1.54, 1.807) is 31.3 Å². The van der Waals surface area contributed by atoms with Gasteiger partial charge in [-0.05, 0) is 24.6 Å². The molecule has 2 rings (SSSR count). The normalized spacial score (nSPS) is 10.1. The summed E-state index contributed by atoms with van der Waals surface area (Å²) in [5.41, 5.74) is 1.55. The predicted molar refractivity (Wildman–Crippen MR) is 66.6 cm³/mol. The first-order valence-electron chi connectivity index (χ1n) is 5.27. The third-order valence-corrected chi connectivity index (χ3v) is 2.52. The molecule has 2 aromatic rings. The van der Waals surface area contributed by atoms with E-state index in [0.29, 0.717) is 11.4 Å². The van der Waals surface area contributed by atoms with Crippen LogP contribution in [0.5, 0.6) is 0 Å². The molecule has 0 saturated heterocycles. The summed E-state index contributed by atoms with van der Waals surface area (Å²) in [5, 5.41) is 13.3. The molecule has 1 aromatic carbocycles. The smallest absolute Gasteiger partial charge is 0.272 e. The van der Waals surface area contributed by atoms with Gasteiger partial charge in [0.2, 0.25) is 0 Å². The minimum atomic E-state index is -0.496. The lowest BCUT2D eigenvalue weighted by Gasteiger charge is -2.07. The second-order valence-electron chi connectivity index (χ2n) is 3.79. The molecule has 0 radical (unpaired) electrons. The second-order valence-corrected chi connectivity index (χ2v) is 3.79. The molecular weight excluding hydrogens is 234 g/mol. The van der Waals surface area contributed by atoms with Gasteiger partial charge in [0.05, 0.1) is 10.6 Å². The van der Waals surface area contributed by atoms with Gasteiger partial charge in [0.25, 0.3) is 11.6 Å². The Kier molecular flexibility index (Phi) is 3.09. The molecule has 0 unspecified atom stereocenters. The highest BCUT2D eigenvalue weighted by molar-refractivity contribution is 6.03. The Morgan fingerprint density at radius 1 is 1.39 bits per heavy atom. The minimum Gasteiger partial charge on any atom is -0.357 e. The molecule has 6 nitrogen and oxygen atoms in total. The zero-order valence-corrected chi connectivity index (χ0v) is 9.64. The van der Waals surface area contributed by atoms with Gasteiger partial charge in [0.1, 0.15) is 5.69 Å². The van der Waals surface area contributed by atoms with Crippen LogP contribution >= 0.6 is 0 Å². The maximum Gasteiger partial charge on any atom is 0.272 e. The highest BCUT2D eigenvalue weighted by Gasteiger charge is 2.12. The molecule has 0 aliphatic heterocycles. The Labute approximate surface area is 103 Å². The number of carbonyl (C=O) groups is 1. The van der Waals surface area contributed by atoms with E-state index >= 15 is 0 Å². The molecule has 6 heteroatoms. The van der Waals surface area contributed by atoms with Crippen LogP contribution in [0.15, 0.2) is 36.5 Å². The van der Waals surface area contributed by atoms with Crippen LogP contribution in [0.4, 0.5) is 11.4 Å². The van der Waals surface area contributed by atoms with Crippen LogP contribution in [0.25, 0.3) is 0 Å². The Bertz CT molecular complexity index is 591. The van der Waals surface area contributed by atoms with Gasteiger partial charge >= 0.3 is 0 Å². The van der Waals surface area contributed by atoms with E-state index in [1.807, 2.05) is 0 Å². The number of aromatic amines is 1. The number of aryl methyl sites for hydroxylation is 1. The van der Waals surface area contributed by atoms with E-state index in [2.05, 4.69) is 10.3 Å². The topological polar surface area (TPSA) is 88.0 Å². The van der Waals surface area contributed by atoms with Crippen LogP contribution in [-0.2, 0) is 0 Å². The van der Waals surface area contributed by atoms with Gasteiger partial charge in [0, 0.05) is 18.3 Å². The SMILES string of the molecule is Cc1ccc([N+](=O)[O-])cc1NC(=O)c1ccc[nH]1. The third-order valence-electron chi connectivity index (χ3n) is 2.52. The molecule has 1 amide bonds. The number of non-ortho nitro benzene ring substituents is 1. The van der Waals surface area contributed by atoms with Gasteiger partial charge < -0.3 is 10.3 Å². The van der Waals surface area contributed by atoms with Crippen LogP contribution in [0.1, 0.15) is 16.1 Å². The van der Waals surface area contributed by atoms with E-state index in [0.717, 1.165) is 5.56 Å². The molecule has 0 bridgehead atoms. The monoisotopic (exact) mass is 245 g/mol.